The van der Waals surface area contributed by atoms with Gasteiger partial charge in [-0.3, -0.25) is 10.1 Å². The van der Waals surface area contributed by atoms with Gasteiger partial charge in [-0.1, -0.05) is 22.9 Å². The molecule has 0 aliphatic heterocycles. The highest BCUT2D eigenvalue weighted by molar-refractivity contribution is 7.91. The van der Waals surface area contributed by atoms with Crippen molar-refractivity contribution in [2.75, 3.05) is 18.5 Å². The number of nitrogens with zero attached hydrogens (tertiary/aromatic N) is 2. The van der Waals surface area contributed by atoms with Crippen molar-refractivity contribution in [2.24, 2.45) is 0 Å². The second-order valence-corrected chi connectivity index (χ2v) is 8.86. The number of sulfonamides is 1. The fourth-order valence-electron chi connectivity index (χ4n) is 1.80. The molecule has 0 aliphatic carbocycles. The standard InChI is InChI=1S/C15H19ClN4O4S2/c1-10(2)24-9-3-8-17-26(22,23)15-20-19-14(25-15)18-13(21)11-4-6-12(16)7-5-11/h4-7,10,17H,3,8-9H2,1-2H3,(H,18,19,21). The first kappa shape index (κ1) is 20.7. The summed E-state index contributed by atoms with van der Waals surface area (Å²) < 4.78 is 31.9. The molecule has 2 aromatic rings. The van der Waals surface area contributed by atoms with E-state index in [1.165, 1.54) is 0 Å². The Morgan fingerprint density at radius 1 is 1.27 bits per heavy atom. The van der Waals surface area contributed by atoms with Crippen molar-refractivity contribution in [1.29, 1.82) is 0 Å². The van der Waals surface area contributed by atoms with Gasteiger partial charge >= 0.3 is 0 Å². The van der Waals surface area contributed by atoms with E-state index in [1.54, 1.807) is 24.3 Å². The lowest BCUT2D eigenvalue weighted by Crippen LogP contribution is -2.25. The predicted molar refractivity (Wildman–Crippen MR) is 100 cm³/mol. The van der Waals surface area contributed by atoms with E-state index in [2.05, 4.69) is 20.2 Å². The lowest BCUT2D eigenvalue weighted by Gasteiger charge is -2.07. The molecular formula is C15H19ClN4O4S2. The van der Waals surface area contributed by atoms with Crippen LogP contribution in [-0.2, 0) is 14.8 Å². The monoisotopic (exact) mass is 418 g/mol. The fraction of sp³-hybridized carbons (Fsp3) is 0.400. The molecule has 26 heavy (non-hydrogen) atoms. The van der Waals surface area contributed by atoms with E-state index in [4.69, 9.17) is 16.3 Å². The van der Waals surface area contributed by atoms with Crippen LogP contribution in [0.4, 0.5) is 5.13 Å². The van der Waals surface area contributed by atoms with E-state index in [1.807, 2.05) is 13.8 Å². The number of nitrogens with one attached hydrogen (secondary N) is 2. The molecular weight excluding hydrogens is 400 g/mol. The summed E-state index contributed by atoms with van der Waals surface area (Å²) >= 11 is 6.55. The summed E-state index contributed by atoms with van der Waals surface area (Å²) in [4.78, 5) is 12.1. The number of rotatable bonds is 9. The molecule has 0 bridgehead atoms. The molecule has 142 valence electrons. The first-order valence-corrected chi connectivity index (χ1v) is 10.5. The molecule has 8 nitrogen and oxygen atoms in total. The quantitative estimate of drug-likeness (QED) is 0.478. The van der Waals surface area contributed by atoms with Crippen molar-refractivity contribution in [1.82, 2.24) is 14.9 Å². The maximum Gasteiger partial charge on any atom is 0.269 e. The lowest BCUT2D eigenvalue weighted by molar-refractivity contribution is 0.0778. The van der Waals surface area contributed by atoms with Gasteiger partial charge in [0.05, 0.1) is 6.10 Å². The zero-order valence-electron chi connectivity index (χ0n) is 14.2. The van der Waals surface area contributed by atoms with Crippen LogP contribution >= 0.6 is 22.9 Å². The molecule has 0 unspecified atom stereocenters. The number of anilines is 1. The van der Waals surface area contributed by atoms with Gasteiger partial charge in [0, 0.05) is 23.7 Å². The highest BCUT2D eigenvalue weighted by Crippen LogP contribution is 2.20. The van der Waals surface area contributed by atoms with Crippen LogP contribution < -0.4 is 10.0 Å². The van der Waals surface area contributed by atoms with Gasteiger partial charge in [-0.05, 0) is 44.5 Å². The Kier molecular flexibility index (Phi) is 7.47. The van der Waals surface area contributed by atoms with Gasteiger partial charge < -0.3 is 4.74 Å². The lowest BCUT2D eigenvalue weighted by atomic mass is 10.2. The summed E-state index contributed by atoms with van der Waals surface area (Å²) in [6.07, 6.45) is 0.637. The summed E-state index contributed by atoms with van der Waals surface area (Å²) in [5.74, 6) is -0.430. The van der Waals surface area contributed by atoms with Gasteiger partial charge in [-0.15, -0.1) is 10.2 Å². The van der Waals surface area contributed by atoms with Crippen molar-refractivity contribution in [3.8, 4) is 0 Å². The smallest absolute Gasteiger partial charge is 0.269 e. The Hall–Kier alpha value is -1.59. The largest absolute Gasteiger partial charge is 0.379 e. The third kappa shape index (κ3) is 6.29. The van der Waals surface area contributed by atoms with Crippen LogP contribution in [-0.4, -0.2) is 43.8 Å². The van der Waals surface area contributed by atoms with Crippen molar-refractivity contribution in [3.63, 3.8) is 0 Å². The van der Waals surface area contributed by atoms with Gasteiger partial charge in [-0.2, -0.15) is 0 Å². The summed E-state index contributed by atoms with van der Waals surface area (Å²) in [6, 6.07) is 6.27. The maximum absolute atomic E-state index is 12.2. The minimum absolute atomic E-state index is 0.0912. The number of aromatic nitrogens is 2. The molecule has 0 atom stereocenters. The third-order valence-corrected chi connectivity index (χ3v) is 5.95. The van der Waals surface area contributed by atoms with Crippen molar-refractivity contribution in [3.05, 3.63) is 34.9 Å². The van der Waals surface area contributed by atoms with Gasteiger partial charge in [0.25, 0.3) is 15.9 Å². The van der Waals surface area contributed by atoms with Crippen LogP contribution in [0.5, 0.6) is 0 Å². The fourth-order valence-corrected chi connectivity index (χ4v) is 3.93. The Bertz CT molecular complexity index is 838. The number of ether oxygens (including phenoxy) is 1. The molecule has 0 saturated carbocycles. The SMILES string of the molecule is CC(C)OCCCNS(=O)(=O)c1nnc(NC(=O)c2ccc(Cl)cc2)s1. The molecule has 1 heterocycles. The van der Waals surface area contributed by atoms with Crippen LogP contribution in [0.1, 0.15) is 30.6 Å². The molecule has 2 N–H and O–H groups in total. The molecule has 0 spiro atoms. The van der Waals surface area contributed by atoms with E-state index in [0.29, 0.717) is 23.6 Å². The van der Waals surface area contributed by atoms with E-state index in [-0.39, 0.29) is 22.1 Å². The Labute approximate surface area is 161 Å². The molecule has 1 aromatic carbocycles. The van der Waals surface area contributed by atoms with Gasteiger partial charge in [0.1, 0.15) is 0 Å². The van der Waals surface area contributed by atoms with Crippen molar-refractivity contribution in [2.45, 2.75) is 30.7 Å². The van der Waals surface area contributed by atoms with Gasteiger partial charge in [0.15, 0.2) is 0 Å². The van der Waals surface area contributed by atoms with Crippen LogP contribution in [0, 0.1) is 0 Å². The molecule has 0 fully saturated rings. The number of hydrogen-bond acceptors (Lipinski definition) is 7. The second-order valence-electron chi connectivity index (χ2n) is 5.51. The average Bonchev–Trinajstić information content (AvgIpc) is 3.04. The third-order valence-electron chi connectivity index (χ3n) is 3.03. The summed E-state index contributed by atoms with van der Waals surface area (Å²) in [6.45, 7) is 4.50. The molecule has 1 aromatic heterocycles. The minimum atomic E-state index is -3.78. The normalized spacial score (nSPS) is 11.7. The topological polar surface area (TPSA) is 110 Å². The first-order valence-electron chi connectivity index (χ1n) is 7.79. The van der Waals surface area contributed by atoms with E-state index >= 15 is 0 Å². The van der Waals surface area contributed by atoms with E-state index in [0.717, 1.165) is 11.3 Å². The number of benzene rings is 1. The molecule has 1 amide bonds. The van der Waals surface area contributed by atoms with E-state index in [9.17, 15) is 13.2 Å². The molecule has 0 saturated heterocycles. The molecule has 0 radical (unpaired) electrons. The van der Waals surface area contributed by atoms with Crippen LogP contribution in [0.15, 0.2) is 28.6 Å². The zero-order valence-corrected chi connectivity index (χ0v) is 16.6. The van der Waals surface area contributed by atoms with Crippen LogP contribution in [0.2, 0.25) is 5.02 Å². The molecule has 2 rings (SSSR count). The highest BCUT2D eigenvalue weighted by atomic mass is 35.5. The summed E-state index contributed by atoms with van der Waals surface area (Å²) in [7, 11) is -3.78. The Morgan fingerprint density at radius 2 is 1.96 bits per heavy atom. The number of hydrogen-bond donors (Lipinski definition) is 2. The van der Waals surface area contributed by atoms with Crippen LogP contribution in [0.3, 0.4) is 0 Å². The Morgan fingerprint density at radius 3 is 2.62 bits per heavy atom. The average molecular weight is 419 g/mol. The summed E-state index contributed by atoms with van der Waals surface area (Å²) in [5.41, 5.74) is 0.372. The highest BCUT2D eigenvalue weighted by Gasteiger charge is 2.20. The van der Waals surface area contributed by atoms with Crippen molar-refractivity contribution >= 4 is 44.0 Å². The molecule has 11 heteroatoms. The number of carbonyl (C=O) groups is 1. The number of amides is 1. The first-order chi connectivity index (χ1) is 12.3. The minimum Gasteiger partial charge on any atom is -0.379 e. The van der Waals surface area contributed by atoms with Gasteiger partial charge in [0.2, 0.25) is 9.47 Å². The summed E-state index contributed by atoms with van der Waals surface area (Å²) in [5, 5.41) is 10.4. The number of carbonyl (C=O) groups excluding carboxylic acids is 1. The predicted octanol–water partition coefficient (Wildman–Crippen LogP) is 2.54. The maximum atomic E-state index is 12.2. The number of halogens is 1. The van der Waals surface area contributed by atoms with Crippen molar-refractivity contribution < 1.29 is 17.9 Å². The van der Waals surface area contributed by atoms with Gasteiger partial charge in [-0.25, -0.2) is 13.1 Å². The zero-order chi connectivity index (χ0) is 19.2. The van der Waals surface area contributed by atoms with Crippen LogP contribution in [0.25, 0.3) is 0 Å². The second kappa shape index (κ2) is 9.38. The molecule has 0 aliphatic rings. The Balaban J connectivity index is 1.91. The van der Waals surface area contributed by atoms with E-state index < -0.39 is 15.9 Å².